The highest BCUT2D eigenvalue weighted by Gasteiger charge is 2.13. The molecule has 0 bridgehead atoms. The highest BCUT2D eigenvalue weighted by Crippen LogP contribution is 2.20. The van der Waals surface area contributed by atoms with Crippen LogP contribution in [0.1, 0.15) is 27.2 Å². The summed E-state index contributed by atoms with van der Waals surface area (Å²) in [6.07, 6.45) is 1.58. The maximum atomic E-state index is 12.4. The molecule has 0 atom stereocenters. The van der Waals surface area contributed by atoms with Crippen molar-refractivity contribution in [3.63, 3.8) is 0 Å². The summed E-state index contributed by atoms with van der Waals surface area (Å²) in [5.74, 6) is 5.35. The Kier molecular flexibility index (Phi) is 4.70. The lowest BCUT2D eigenvalue weighted by Gasteiger charge is -2.11. The molecular formula is C17H17N3O. The van der Waals surface area contributed by atoms with Crippen molar-refractivity contribution in [1.29, 1.82) is 0 Å². The number of para-hydroxylation sites is 1. The number of anilines is 1. The zero-order chi connectivity index (χ0) is 15.2. The van der Waals surface area contributed by atoms with Gasteiger partial charge in [0, 0.05) is 11.9 Å². The molecule has 0 saturated heterocycles. The Morgan fingerprint density at radius 2 is 1.95 bits per heavy atom. The Hall–Kier alpha value is -2.64. The van der Waals surface area contributed by atoms with Crippen LogP contribution in [0.2, 0.25) is 0 Å². The van der Waals surface area contributed by atoms with E-state index in [1.54, 1.807) is 18.3 Å². The molecule has 2 aromatic rings. The molecule has 106 valence electrons. The van der Waals surface area contributed by atoms with Gasteiger partial charge in [-0.3, -0.25) is 4.79 Å². The minimum atomic E-state index is -0.269. The Morgan fingerprint density at radius 1 is 1.24 bits per heavy atom. The normalized spacial score (nSPS) is 9.67. The largest absolute Gasteiger partial charge is 0.320 e. The highest BCUT2D eigenvalue weighted by atomic mass is 16.1. The number of nitrogens with zero attached hydrogens (tertiary/aromatic N) is 1. The topological polar surface area (TPSA) is 68.0 Å². The van der Waals surface area contributed by atoms with Crippen LogP contribution in [-0.2, 0) is 0 Å². The fraction of sp³-hybridized carbons (Fsp3) is 0.176. The van der Waals surface area contributed by atoms with E-state index in [2.05, 4.69) is 22.1 Å². The summed E-state index contributed by atoms with van der Waals surface area (Å²) >= 11 is 0. The summed E-state index contributed by atoms with van der Waals surface area (Å²) in [6, 6.07) is 9.37. The third kappa shape index (κ3) is 3.47. The van der Waals surface area contributed by atoms with Gasteiger partial charge in [-0.1, -0.05) is 30.0 Å². The number of aryl methyl sites for hydroxylation is 2. The van der Waals surface area contributed by atoms with Crippen molar-refractivity contribution in [2.45, 2.75) is 13.8 Å². The van der Waals surface area contributed by atoms with Crippen LogP contribution in [0.3, 0.4) is 0 Å². The van der Waals surface area contributed by atoms with E-state index in [1.807, 2.05) is 32.0 Å². The lowest BCUT2D eigenvalue weighted by molar-refractivity contribution is 0.102. The van der Waals surface area contributed by atoms with Crippen molar-refractivity contribution in [3.8, 4) is 11.8 Å². The molecule has 2 rings (SSSR count). The Balaban J connectivity index is 2.33. The molecule has 1 amide bonds. The molecule has 3 N–H and O–H groups in total. The third-order valence-electron chi connectivity index (χ3n) is 3.07. The van der Waals surface area contributed by atoms with Crippen LogP contribution in [0.4, 0.5) is 5.69 Å². The van der Waals surface area contributed by atoms with Crippen LogP contribution >= 0.6 is 0 Å². The number of amides is 1. The number of benzene rings is 1. The van der Waals surface area contributed by atoms with Crippen molar-refractivity contribution >= 4 is 11.6 Å². The minimum Gasteiger partial charge on any atom is -0.320 e. The molecule has 0 aliphatic heterocycles. The predicted molar refractivity (Wildman–Crippen MR) is 84.0 cm³/mol. The summed E-state index contributed by atoms with van der Waals surface area (Å²) in [5.41, 5.74) is 9.08. The van der Waals surface area contributed by atoms with E-state index in [0.29, 0.717) is 11.3 Å². The highest BCUT2D eigenvalue weighted by molar-refractivity contribution is 6.05. The molecule has 0 saturated carbocycles. The molecule has 4 nitrogen and oxygen atoms in total. The molecule has 1 heterocycles. The van der Waals surface area contributed by atoms with Crippen LogP contribution in [0.5, 0.6) is 0 Å². The van der Waals surface area contributed by atoms with Gasteiger partial charge in [0.15, 0.2) is 0 Å². The SMILES string of the molecule is Cc1cccc(C)c1NC(=O)c1ncccc1C#CCN. The monoisotopic (exact) mass is 279 g/mol. The van der Waals surface area contributed by atoms with E-state index in [4.69, 9.17) is 5.73 Å². The van der Waals surface area contributed by atoms with E-state index >= 15 is 0 Å². The number of nitrogens with two attached hydrogens (primary N) is 1. The third-order valence-corrected chi connectivity index (χ3v) is 3.07. The number of hydrogen-bond acceptors (Lipinski definition) is 3. The van der Waals surface area contributed by atoms with Gasteiger partial charge in [0.05, 0.1) is 12.1 Å². The average molecular weight is 279 g/mol. The summed E-state index contributed by atoms with van der Waals surface area (Å²) in [6.45, 7) is 4.15. The van der Waals surface area contributed by atoms with Gasteiger partial charge in [-0.05, 0) is 37.1 Å². The lowest BCUT2D eigenvalue weighted by atomic mass is 10.1. The molecule has 1 aromatic carbocycles. The first-order valence-electron chi connectivity index (χ1n) is 6.65. The van der Waals surface area contributed by atoms with E-state index in [1.165, 1.54) is 0 Å². The molecule has 21 heavy (non-hydrogen) atoms. The van der Waals surface area contributed by atoms with E-state index in [-0.39, 0.29) is 12.5 Å². The lowest BCUT2D eigenvalue weighted by Crippen LogP contribution is -2.16. The van der Waals surface area contributed by atoms with E-state index in [0.717, 1.165) is 16.8 Å². The maximum Gasteiger partial charge on any atom is 0.275 e. The predicted octanol–water partition coefficient (Wildman–Crippen LogP) is 2.26. The van der Waals surface area contributed by atoms with Crippen molar-refractivity contribution < 1.29 is 4.79 Å². The van der Waals surface area contributed by atoms with Crippen molar-refractivity contribution in [2.75, 3.05) is 11.9 Å². The Morgan fingerprint density at radius 3 is 2.62 bits per heavy atom. The number of rotatable bonds is 2. The van der Waals surface area contributed by atoms with Crippen molar-refractivity contribution in [2.24, 2.45) is 5.73 Å². The fourth-order valence-corrected chi connectivity index (χ4v) is 2.02. The second kappa shape index (κ2) is 6.69. The van der Waals surface area contributed by atoms with Crippen LogP contribution in [0.15, 0.2) is 36.5 Å². The van der Waals surface area contributed by atoms with Gasteiger partial charge in [0.25, 0.3) is 5.91 Å². The smallest absolute Gasteiger partial charge is 0.275 e. The zero-order valence-corrected chi connectivity index (χ0v) is 12.1. The molecule has 0 spiro atoms. The first kappa shape index (κ1) is 14.8. The van der Waals surface area contributed by atoms with Gasteiger partial charge in [-0.25, -0.2) is 4.98 Å². The van der Waals surface area contributed by atoms with E-state index in [9.17, 15) is 4.79 Å². The van der Waals surface area contributed by atoms with Gasteiger partial charge in [-0.2, -0.15) is 0 Å². The second-order valence-electron chi connectivity index (χ2n) is 4.63. The standard InChI is InChI=1S/C17H17N3O/c1-12-6-3-7-13(2)15(12)20-17(21)16-14(8-4-10-18)9-5-11-19-16/h3,5-7,9,11H,10,18H2,1-2H3,(H,20,21). The molecule has 0 aliphatic rings. The van der Waals surface area contributed by atoms with Gasteiger partial charge < -0.3 is 11.1 Å². The maximum absolute atomic E-state index is 12.4. The Bertz CT molecular complexity index is 706. The Labute approximate surface area is 124 Å². The van der Waals surface area contributed by atoms with Crippen molar-refractivity contribution in [3.05, 3.63) is 58.9 Å². The summed E-state index contributed by atoms with van der Waals surface area (Å²) in [7, 11) is 0. The number of carbonyl (C=O) groups is 1. The van der Waals surface area contributed by atoms with Gasteiger partial charge >= 0.3 is 0 Å². The average Bonchev–Trinajstić information content (AvgIpc) is 2.49. The zero-order valence-electron chi connectivity index (χ0n) is 12.1. The second-order valence-corrected chi connectivity index (χ2v) is 4.63. The number of aromatic nitrogens is 1. The summed E-state index contributed by atoms with van der Waals surface area (Å²) < 4.78 is 0. The quantitative estimate of drug-likeness (QED) is 0.829. The number of nitrogens with one attached hydrogen (secondary N) is 1. The number of carbonyl (C=O) groups excluding carboxylic acids is 1. The fourth-order valence-electron chi connectivity index (χ4n) is 2.02. The molecule has 1 aromatic heterocycles. The molecule has 0 radical (unpaired) electrons. The molecule has 0 fully saturated rings. The van der Waals surface area contributed by atoms with Crippen LogP contribution in [0.25, 0.3) is 0 Å². The summed E-state index contributed by atoms with van der Waals surface area (Å²) in [5, 5.41) is 2.91. The molecular weight excluding hydrogens is 262 g/mol. The first-order chi connectivity index (χ1) is 10.1. The van der Waals surface area contributed by atoms with Gasteiger partial charge in [-0.15, -0.1) is 0 Å². The van der Waals surface area contributed by atoms with Crippen LogP contribution in [-0.4, -0.2) is 17.4 Å². The molecule has 4 heteroatoms. The van der Waals surface area contributed by atoms with Crippen molar-refractivity contribution in [1.82, 2.24) is 4.98 Å². The molecule has 0 unspecified atom stereocenters. The van der Waals surface area contributed by atoms with Gasteiger partial charge in [0.2, 0.25) is 0 Å². The number of pyridine rings is 1. The molecule has 0 aliphatic carbocycles. The number of hydrogen-bond donors (Lipinski definition) is 2. The minimum absolute atomic E-state index is 0.243. The van der Waals surface area contributed by atoms with Crippen LogP contribution < -0.4 is 11.1 Å². The van der Waals surface area contributed by atoms with Gasteiger partial charge in [0.1, 0.15) is 5.69 Å². The summed E-state index contributed by atoms with van der Waals surface area (Å²) in [4.78, 5) is 16.6. The van der Waals surface area contributed by atoms with E-state index < -0.39 is 0 Å². The van der Waals surface area contributed by atoms with Crippen LogP contribution in [0, 0.1) is 25.7 Å². The first-order valence-corrected chi connectivity index (χ1v) is 6.65.